The third-order valence-electron chi connectivity index (χ3n) is 3.42. The van der Waals surface area contributed by atoms with Crippen molar-refractivity contribution in [2.45, 2.75) is 18.9 Å². The minimum Gasteiger partial charge on any atom is -0.316 e. The number of benzene rings is 1. The van der Waals surface area contributed by atoms with Crippen molar-refractivity contribution < 1.29 is 4.39 Å². The van der Waals surface area contributed by atoms with E-state index in [0.29, 0.717) is 5.92 Å². The SMILES string of the molecule is CNC(c1ccc(F)c(Cl)c1)C1CCCNC1. The number of nitrogens with one attached hydrogen (secondary N) is 2. The second-order valence-electron chi connectivity index (χ2n) is 4.55. The van der Waals surface area contributed by atoms with Crippen LogP contribution in [0.4, 0.5) is 4.39 Å². The van der Waals surface area contributed by atoms with Crippen molar-refractivity contribution >= 4 is 11.6 Å². The van der Waals surface area contributed by atoms with Crippen LogP contribution in [0.1, 0.15) is 24.4 Å². The quantitative estimate of drug-likeness (QED) is 0.869. The van der Waals surface area contributed by atoms with E-state index in [1.54, 1.807) is 6.07 Å². The molecule has 1 aliphatic rings. The maximum Gasteiger partial charge on any atom is 0.141 e. The van der Waals surface area contributed by atoms with Crippen LogP contribution in [0.2, 0.25) is 5.02 Å². The van der Waals surface area contributed by atoms with Crippen molar-refractivity contribution in [2.75, 3.05) is 20.1 Å². The van der Waals surface area contributed by atoms with E-state index in [9.17, 15) is 4.39 Å². The Morgan fingerprint density at radius 1 is 1.53 bits per heavy atom. The van der Waals surface area contributed by atoms with Gasteiger partial charge in [0.15, 0.2) is 0 Å². The van der Waals surface area contributed by atoms with Crippen LogP contribution < -0.4 is 10.6 Å². The van der Waals surface area contributed by atoms with E-state index < -0.39 is 0 Å². The van der Waals surface area contributed by atoms with Crippen molar-refractivity contribution in [2.24, 2.45) is 5.92 Å². The lowest BCUT2D eigenvalue weighted by molar-refractivity contribution is 0.298. The summed E-state index contributed by atoms with van der Waals surface area (Å²) in [4.78, 5) is 0. The topological polar surface area (TPSA) is 24.1 Å². The lowest BCUT2D eigenvalue weighted by atomic mass is 9.87. The smallest absolute Gasteiger partial charge is 0.141 e. The van der Waals surface area contributed by atoms with Gasteiger partial charge in [0, 0.05) is 6.04 Å². The van der Waals surface area contributed by atoms with Crippen molar-refractivity contribution in [1.29, 1.82) is 0 Å². The van der Waals surface area contributed by atoms with Gasteiger partial charge >= 0.3 is 0 Å². The van der Waals surface area contributed by atoms with Crippen LogP contribution in [0.5, 0.6) is 0 Å². The molecule has 1 heterocycles. The number of halogens is 2. The molecule has 1 fully saturated rings. The predicted molar refractivity (Wildman–Crippen MR) is 68.8 cm³/mol. The van der Waals surface area contributed by atoms with Crippen LogP contribution in [0.25, 0.3) is 0 Å². The average molecular weight is 257 g/mol. The lowest BCUT2D eigenvalue weighted by Gasteiger charge is -2.31. The average Bonchev–Trinajstić information content (AvgIpc) is 2.36. The molecule has 2 atom stereocenters. The highest BCUT2D eigenvalue weighted by molar-refractivity contribution is 6.30. The molecule has 0 bridgehead atoms. The van der Waals surface area contributed by atoms with E-state index in [0.717, 1.165) is 18.7 Å². The molecule has 2 N–H and O–H groups in total. The Morgan fingerprint density at radius 2 is 2.35 bits per heavy atom. The normalized spacial score (nSPS) is 22.4. The van der Waals surface area contributed by atoms with Crippen LogP contribution in [-0.2, 0) is 0 Å². The Morgan fingerprint density at radius 3 is 2.94 bits per heavy atom. The fraction of sp³-hybridized carbons (Fsp3) is 0.538. The van der Waals surface area contributed by atoms with Crippen molar-refractivity contribution in [1.82, 2.24) is 10.6 Å². The van der Waals surface area contributed by atoms with Crippen LogP contribution in [0.15, 0.2) is 18.2 Å². The first-order valence-corrected chi connectivity index (χ1v) is 6.43. The predicted octanol–water partition coefficient (Wildman–Crippen LogP) is 2.74. The minimum atomic E-state index is -0.355. The van der Waals surface area contributed by atoms with Crippen molar-refractivity contribution in [3.63, 3.8) is 0 Å². The maximum atomic E-state index is 13.1. The van der Waals surface area contributed by atoms with Gasteiger partial charge in [-0.05, 0) is 56.6 Å². The van der Waals surface area contributed by atoms with E-state index in [4.69, 9.17) is 11.6 Å². The molecule has 17 heavy (non-hydrogen) atoms. The molecule has 2 unspecified atom stereocenters. The number of rotatable bonds is 3. The number of hydrogen-bond acceptors (Lipinski definition) is 2. The van der Waals surface area contributed by atoms with E-state index in [1.165, 1.54) is 18.9 Å². The molecule has 1 saturated heterocycles. The van der Waals surface area contributed by atoms with E-state index >= 15 is 0 Å². The zero-order valence-corrected chi connectivity index (χ0v) is 10.7. The summed E-state index contributed by atoms with van der Waals surface area (Å²) in [5.41, 5.74) is 1.06. The van der Waals surface area contributed by atoms with Gasteiger partial charge in [-0.25, -0.2) is 4.39 Å². The minimum absolute atomic E-state index is 0.200. The first-order chi connectivity index (χ1) is 8.22. The first kappa shape index (κ1) is 12.8. The van der Waals surface area contributed by atoms with Crippen molar-refractivity contribution in [3.8, 4) is 0 Å². The second kappa shape index (κ2) is 5.80. The molecule has 2 rings (SSSR count). The molecule has 0 aromatic heterocycles. The molecule has 1 aromatic rings. The Hall–Kier alpha value is -0.640. The van der Waals surface area contributed by atoms with Crippen LogP contribution in [0.3, 0.4) is 0 Å². The van der Waals surface area contributed by atoms with Gasteiger partial charge in [0.2, 0.25) is 0 Å². The largest absolute Gasteiger partial charge is 0.316 e. The molecule has 0 aliphatic carbocycles. The second-order valence-corrected chi connectivity index (χ2v) is 4.95. The Labute approximate surface area is 107 Å². The monoisotopic (exact) mass is 256 g/mol. The van der Waals surface area contributed by atoms with E-state index in [-0.39, 0.29) is 16.9 Å². The molecule has 0 saturated carbocycles. The summed E-state index contributed by atoms with van der Waals surface area (Å²) >= 11 is 5.84. The molecule has 4 heteroatoms. The van der Waals surface area contributed by atoms with Crippen LogP contribution in [-0.4, -0.2) is 20.1 Å². The molecule has 1 aromatic carbocycles. The summed E-state index contributed by atoms with van der Waals surface area (Å²) in [5.74, 6) is 0.183. The van der Waals surface area contributed by atoms with Gasteiger partial charge in [-0.3, -0.25) is 0 Å². The fourth-order valence-electron chi connectivity index (χ4n) is 2.54. The summed E-state index contributed by atoms with van der Waals surface area (Å²) in [5, 5.41) is 6.91. The van der Waals surface area contributed by atoms with Gasteiger partial charge in [-0.1, -0.05) is 17.7 Å². The summed E-state index contributed by atoms with van der Waals surface area (Å²) in [6, 6.07) is 5.22. The van der Waals surface area contributed by atoms with Crippen LogP contribution >= 0.6 is 11.6 Å². The maximum absolute atomic E-state index is 13.1. The Bertz CT molecular complexity index is 378. The van der Waals surface area contributed by atoms with Crippen LogP contribution in [0, 0.1) is 11.7 Å². The van der Waals surface area contributed by atoms with Gasteiger partial charge < -0.3 is 10.6 Å². The Kier molecular flexibility index (Phi) is 4.37. The summed E-state index contributed by atoms with van der Waals surface area (Å²) in [6.45, 7) is 2.09. The fourth-order valence-corrected chi connectivity index (χ4v) is 2.73. The summed E-state index contributed by atoms with van der Waals surface area (Å²) in [6.07, 6.45) is 2.38. The molecule has 0 radical (unpaired) electrons. The van der Waals surface area contributed by atoms with Gasteiger partial charge in [0.05, 0.1) is 5.02 Å². The van der Waals surface area contributed by atoms with Crippen molar-refractivity contribution in [3.05, 3.63) is 34.6 Å². The molecule has 0 spiro atoms. The summed E-state index contributed by atoms with van der Waals surface area (Å²) in [7, 11) is 1.94. The molecule has 0 amide bonds. The standard InChI is InChI=1S/C13H18ClFN2/c1-16-13(10-3-2-6-17-8-10)9-4-5-12(15)11(14)7-9/h4-5,7,10,13,16-17H,2-3,6,8H2,1H3. The number of hydrogen-bond donors (Lipinski definition) is 2. The molecule has 94 valence electrons. The molecular weight excluding hydrogens is 239 g/mol. The highest BCUT2D eigenvalue weighted by Gasteiger charge is 2.24. The number of piperidine rings is 1. The van der Waals surface area contributed by atoms with E-state index in [2.05, 4.69) is 10.6 Å². The van der Waals surface area contributed by atoms with Gasteiger partial charge in [0.1, 0.15) is 5.82 Å². The third kappa shape index (κ3) is 2.97. The van der Waals surface area contributed by atoms with Gasteiger partial charge in [-0.2, -0.15) is 0 Å². The third-order valence-corrected chi connectivity index (χ3v) is 3.71. The van der Waals surface area contributed by atoms with Gasteiger partial charge in [-0.15, -0.1) is 0 Å². The molecular formula is C13H18ClFN2. The summed E-state index contributed by atoms with van der Waals surface area (Å²) < 4.78 is 13.1. The first-order valence-electron chi connectivity index (χ1n) is 6.05. The van der Waals surface area contributed by atoms with E-state index in [1.807, 2.05) is 13.1 Å². The highest BCUT2D eigenvalue weighted by atomic mass is 35.5. The zero-order valence-electron chi connectivity index (χ0n) is 9.97. The molecule has 1 aliphatic heterocycles. The Balaban J connectivity index is 2.18. The highest BCUT2D eigenvalue weighted by Crippen LogP contribution is 2.29. The lowest BCUT2D eigenvalue weighted by Crippen LogP contribution is -2.37. The van der Waals surface area contributed by atoms with Gasteiger partial charge in [0.25, 0.3) is 0 Å². The zero-order chi connectivity index (χ0) is 12.3. The molecule has 2 nitrogen and oxygen atoms in total.